The first-order valence-electron chi connectivity index (χ1n) is 7.09. The summed E-state index contributed by atoms with van der Waals surface area (Å²) in [5, 5.41) is 2.53. The van der Waals surface area contributed by atoms with Crippen LogP contribution < -0.4 is 15.8 Å². The van der Waals surface area contributed by atoms with Crippen molar-refractivity contribution in [1.82, 2.24) is 5.32 Å². The van der Waals surface area contributed by atoms with Crippen LogP contribution in [0.4, 0.5) is 4.39 Å². The summed E-state index contributed by atoms with van der Waals surface area (Å²) in [6.07, 6.45) is 0.199. The number of aliphatic imine (C=N–C) groups is 1. The van der Waals surface area contributed by atoms with Crippen molar-refractivity contribution in [2.24, 2.45) is 10.7 Å². The number of hydrogen-bond acceptors (Lipinski definition) is 4. The zero-order valence-corrected chi connectivity index (χ0v) is 12.5. The third kappa shape index (κ3) is 2.75. The Morgan fingerprint density at radius 2 is 2.04 bits per heavy atom. The molecular formula is C17H16FN3O2. The molecule has 0 spiro atoms. The first-order chi connectivity index (χ1) is 11.0. The maximum atomic E-state index is 13.5. The Kier molecular flexibility index (Phi) is 3.73. The average Bonchev–Trinajstić information content (AvgIpc) is 2.82. The molecule has 0 fully saturated rings. The Morgan fingerprint density at radius 3 is 2.70 bits per heavy atom. The molecule has 118 valence electrons. The number of nitrogens with zero attached hydrogens (tertiary/aromatic N) is 1. The fourth-order valence-corrected chi connectivity index (χ4v) is 2.74. The summed E-state index contributed by atoms with van der Waals surface area (Å²) in [7, 11) is 1.55. The number of carbonyl (C=O) groups is 1. The van der Waals surface area contributed by atoms with Crippen LogP contribution >= 0.6 is 0 Å². The van der Waals surface area contributed by atoms with Crippen LogP contribution in [0.2, 0.25) is 0 Å². The first kappa shape index (κ1) is 15.0. The highest BCUT2D eigenvalue weighted by Gasteiger charge is 2.45. The molecule has 0 radical (unpaired) electrons. The molecule has 0 aliphatic carbocycles. The van der Waals surface area contributed by atoms with Crippen LogP contribution in [0.15, 0.2) is 53.5 Å². The predicted octanol–water partition coefficient (Wildman–Crippen LogP) is 1.72. The topological polar surface area (TPSA) is 76.7 Å². The lowest BCUT2D eigenvalue weighted by atomic mass is 9.84. The first-order valence-corrected chi connectivity index (χ1v) is 7.09. The number of hydrogen-bond donors (Lipinski definition) is 2. The third-order valence-corrected chi connectivity index (χ3v) is 3.82. The molecule has 5 nitrogen and oxygen atoms in total. The number of guanidine groups is 1. The number of methoxy groups -OCH3 is 1. The van der Waals surface area contributed by atoms with Gasteiger partial charge >= 0.3 is 0 Å². The standard InChI is InChI=1S/C17H16FN3O2/c1-23-14-7-3-5-12(9-14)17(15(22)20-16(19)21-17)10-11-4-2-6-13(18)8-11/h2-9H,10H2,1H3,(H3,19,20,21,22)/t17-/m0/s1. The summed E-state index contributed by atoms with van der Waals surface area (Å²) in [6, 6.07) is 13.2. The Hall–Kier alpha value is -2.89. The van der Waals surface area contributed by atoms with E-state index >= 15 is 0 Å². The molecule has 1 atom stereocenters. The third-order valence-electron chi connectivity index (χ3n) is 3.82. The van der Waals surface area contributed by atoms with E-state index in [2.05, 4.69) is 10.3 Å². The maximum absolute atomic E-state index is 13.5. The van der Waals surface area contributed by atoms with Gasteiger partial charge in [-0.3, -0.25) is 10.1 Å². The highest BCUT2D eigenvalue weighted by Crippen LogP contribution is 2.35. The quantitative estimate of drug-likeness (QED) is 0.902. The highest BCUT2D eigenvalue weighted by atomic mass is 19.1. The minimum Gasteiger partial charge on any atom is -0.497 e. The molecule has 23 heavy (non-hydrogen) atoms. The molecule has 3 rings (SSSR count). The van der Waals surface area contributed by atoms with Gasteiger partial charge in [-0.1, -0.05) is 24.3 Å². The molecule has 1 aliphatic heterocycles. The van der Waals surface area contributed by atoms with Gasteiger partial charge in [0.05, 0.1) is 7.11 Å². The second-order valence-corrected chi connectivity index (χ2v) is 5.35. The molecular weight excluding hydrogens is 297 g/mol. The summed E-state index contributed by atoms with van der Waals surface area (Å²) in [5.74, 6) is -0.0463. The second-order valence-electron chi connectivity index (χ2n) is 5.35. The van der Waals surface area contributed by atoms with Crippen molar-refractivity contribution < 1.29 is 13.9 Å². The summed E-state index contributed by atoms with van der Waals surface area (Å²) < 4.78 is 18.7. The molecule has 0 aromatic heterocycles. The van der Waals surface area contributed by atoms with E-state index in [4.69, 9.17) is 10.5 Å². The van der Waals surface area contributed by atoms with Crippen molar-refractivity contribution in [3.05, 3.63) is 65.5 Å². The lowest BCUT2D eigenvalue weighted by Crippen LogP contribution is -2.40. The van der Waals surface area contributed by atoms with Crippen LogP contribution in [-0.2, 0) is 16.8 Å². The van der Waals surface area contributed by atoms with Gasteiger partial charge in [-0.25, -0.2) is 9.38 Å². The van der Waals surface area contributed by atoms with Gasteiger partial charge in [-0.05, 0) is 35.4 Å². The molecule has 2 aromatic carbocycles. The summed E-state index contributed by atoms with van der Waals surface area (Å²) in [4.78, 5) is 16.9. The minimum atomic E-state index is -1.23. The Balaban J connectivity index is 2.10. The van der Waals surface area contributed by atoms with Crippen molar-refractivity contribution in [2.45, 2.75) is 12.0 Å². The number of rotatable bonds is 4. The fraction of sp³-hybridized carbons (Fsp3) is 0.176. The molecule has 0 saturated carbocycles. The molecule has 1 aliphatic rings. The Labute approximate surface area is 133 Å². The van der Waals surface area contributed by atoms with Crippen molar-refractivity contribution in [3.8, 4) is 5.75 Å². The minimum absolute atomic E-state index is 0.0502. The van der Waals surface area contributed by atoms with Gasteiger partial charge in [-0.2, -0.15) is 0 Å². The number of ether oxygens (including phenoxy) is 1. The molecule has 0 bridgehead atoms. The number of amides is 1. The Bertz CT molecular complexity index is 791. The van der Waals surface area contributed by atoms with Crippen LogP contribution in [0, 0.1) is 5.82 Å². The summed E-state index contributed by atoms with van der Waals surface area (Å²) in [6.45, 7) is 0. The van der Waals surface area contributed by atoms with E-state index in [0.717, 1.165) is 0 Å². The highest BCUT2D eigenvalue weighted by molar-refractivity contribution is 6.07. The Morgan fingerprint density at radius 1 is 1.26 bits per heavy atom. The average molecular weight is 313 g/mol. The van der Waals surface area contributed by atoms with Crippen molar-refractivity contribution >= 4 is 11.9 Å². The predicted molar refractivity (Wildman–Crippen MR) is 84.5 cm³/mol. The van der Waals surface area contributed by atoms with Gasteiger partial charge in [0.25, 0.3) is 5.91 Å². The van der Waals surface area contributed by atoms with Gasteiger partial charge in [0.2, 0.25) is 0 Å². The number of halogens is 1. The van der Waals surface area contributed by atoms with E-state index in [1.165, 1.54) is 12.1 Å². The molecule has 3 N–H and O–H groups in total. The van der Waals surface area contributed by atoms with Crippen LogP contribution in [0.1, 0.15) is 11.1 Å². The lowest BCUT2D eigenvalue weighted by Gasteiger charge is -2.24. The number of benzene rings is 2. The molecule has 0 unspecified atom stereocenters. The van der Waals surface area contributed by atoms with Crippen LogP contribution in [0.25, 0.3) is 0 Å². The normalized spacial score (nSPS) is 20.1. The molecule has 1 amide bonds. The largest absolute Gasteiger partial charge is 0.497 e. The van der Waals surface area contributed by atoms with E-state index in [1.54, 1.807) is 43.5 Å². The van der Waals surface area contributed by atoms with Gasteiger partial charge in [0.1, 0.15) is 11.6 Å². The van der Waals surface area contributed by atoms with Gasteiger partial charge in [0.15, 0.2) is 11.5 Å². The molecule has 0 saturated heterocycles. The van der Waals surface area contributed by atoms with E-state index in [9.17, 15) is 9.18 Å². The van der Waals surface area contributed by atoms with Crippen LogP contribution in [0.5, 0.6) is 5.75 Å². The second kappa shape index (κ2) is 5.72. The van der Waals surface area contributed by atoms with Crippen LogP contribution in [0.3, 0.4) is 0 Å². The molecule has 6 heteroatoms. The van der Waals surface area contributed by atoms with Gasteiger partial charge in [-0.15, -0.1) is 0 Å². The number of nitrogens with one attached hydrogen (secondary N) is 1. The van der Waals surface area contributed by atoms with E-state index in [-0.39, 0.29) is 24.1 Å². The van der Waals surface area contributed by atoms with Gasteiger partial charge < -0.3 is 10.5 Å². The summed E-state index contributed by atoms with van der Waals surface area (Å²) >= 11 is 0. The molecule has 2 aromatic rings. The monoisotopic (exact) mass is 313 g/mol. The SMILES string of the molecule is COc1cccc([C@]2(Cc3cccc(F)c3)N=C(N)NC2=O)c1. The zero-order valence-electron chi connectivity index (χ0n) is 12.5. The van der Waals surface area contributed by atoms with Crippen molar-refractivity contribution in [1.29, 1.82) is 0 Å². The van der Waals surface area contributed by atoms with E-state index < -0.39 is 5.54 Å². The number of nitrogens with two attached hydrogens (primary N) is 1. The summed E-state index contributed by atoms with van der Waals surface area (Å²) in [5.41, 5.74) is 5.77. The van der Waals surface area contributed by atoms with E-state index in [0.29, 0.717) is 16.9 Å². The molecule has 1 heterocycles. The van der Waals surface area contributed by atoms with Crippen molar-refractivity contribution in [3.63, 3.8) is 0 Å². The zero-order chi connectivity index (χ0) is 16.4. The van der Waals surface area contributed by atoms with Crippen molar-refractivity contribution in [2.75, 3.05) is 7.11 Å². The number of carbonyl (C=O) groups excluding carboxylic acids is 1. The maximum Gasteiger partial charge on any atom is 0.259 e. The van der Waals surface area contributed by atoms with E-state index in [1.807, 2.05) is 0 Å². The van der Waals surface area contributed by atoms with Gasteiger partial charge in [0, 0.05) is 6.42 Å². The lowest BCUT2D eigenvalue weighted by molar-refractivity contribution is -0.124. The fourth-order valence-electron chi connectivity index (χ4n) is 2.74. The van der Waals surface area contributed by atoms with Crippen LogP contribution in [-0.4, -0.2) is 19.0 Å². The smallest absolute Gasteiger partial charge is 0.259 e.